The van der Waals surface area contributed by atoms with Gasteiger partial charge in [0.25, 0.3) is 0 Å². The average Bonchev–Trinajstić information content (AvgIpc) is 3.12. The van der Waals surface area contributed by atoms with Crippen LogP contribution in [0.1, 0.15) is 25.2 Å². The number of hydrogen-bond acceptors (Lipinski definition) is 6. The molecule has 2 saturated heterocycles. The van der Waals surface area contributed by atoms with Gasteiger partial charge in [0.05, 0.1) is 13.1 Å². The van der Waals surface area contributed by atoms with E-state index in [9.17, 15) is 4.79 Å². The SMILES string of the molecule is CN1C[C@]2(CCCN(Cc3nnc(-c4ccccc4)o3)CC2)OC1=O. The molecule has 2 aliphatic heterocycles. The van der Waals surface area contributed by atoms with Crippen molar-refractivity contribution >= 4 is 6.09 Å². The van der Waals surface area contributed by atoms with Crippen LogP contribution >= 0.6 is 0 Å². The van der Waals surface area contributed by atoms with E-state index in [1.807, 2.05) is 30.3 Å². The zero-order valence-electron chi connectivity index (χ0n) is 14.4. The summed E-state index contributed by atoms with van der Waals surface area (Å²) >= 11 is 0. The first-order valence-electron chi connectivity index (χ1n) is 8.68. The fraction of sp³-hybridized carbons (Fsp3) is 0.500. The molecular formula is C18H22N4O3. The number of nitrogens with zero attached hydrogens (tertiary/aromatic N) is 4. The molecule has 0 aliphatic carbocycles. The highest BCUT2D eigenvalue weighted by molar-refractivity contribution is 5.70. The molecule has 7 heteroatoms. The van der Waals surface area contributed by atoms with Crippen molar-refractivity contribution < 1.29 is 13.9 Å². The Bertz CT molecular complexity index is 748. The number of carbonyl (C=O) groups is 1. The van der Waals surface area contributed by atoms with Gasteiger partial charge in [-0.05, 0) is 31.5 Å². The molecule has 0 unspecified atom stereocenters. The van der Waals surface area contributed by atoms with Crippen LogP contribution in [0.15, 0.2) is 34.7 Å². The summed E-state index contributed by atoms with van der Waals surface area (Å²) in [4.78, 5) is 15.7. The fourth-order valence-electron chi connectivity index (χ4n) is 3.64. The Kier molecular flexibility index (Phi) is 4.17. The maximum atomic E-state index is 11.7. The summed E-state index contributed by atoms with van der Waals surface area (Å²) in [6.07, 6.45) is 2.51. The molecule has 0 saturated carbocycles. The number of hydrogen-bond donors (Lipinski definition) is 0. The van der Waals surface area contributed by atoms with Gasteiger partial charge in [-0.3, -0.25) is 4.90 Å². The number of benzene rings is 1. The van der Waals surface area contributed by atoms with Gasteiger partial charge in [-0.1, -0.05) is 18.2 Å². The van der Waals surface area contributed by atoms with Gasteiger partial charge < -0.3 is 14.1 Å². The van der Waals surface area contributed by atoms with E-state index in [-0.39, 0.29) is 11.7 Å². The minimum atomic E-state index is -0.329. The lowest BCUT2D eigenvalue weighted by molar-refractivity contribution is 0.0440. The highest BCUT2D eigenvalue weighted by Gasteiger charge is 2.44. The lowest BCUT2D eigenvalue weighted by Gasteiger charge is -2.25. The standard InChI is InChI=1S/C18H22N4O3/c1-21-13-18(25-17(21)23)8-5-10-22(11-9-18)12-15-19-20-16(24-15)14-6-3-2-4-7-14/h2-4,6-7H,5,8-13H2,1H3/t18-/m1/s1. The van der Waals surface area contributed by atoms with Crippen LogP contribution in [0.4, 0.5) is 4.79 Å². The lowest BCUT2D eigenvalue weighted by Crippen LogP contribution is -2.35. The van der Waals surface area contributed by atoms with Crippen LogP contribution in [0.2, 0.25) is 0 Å². The van der Waals surface area contributed by atoms with Crippen molar-refractivity contribution in [2.24, 2.45) is 0 Å². The molecular weight excluding hydrogens is 320 g/mol. The van der Waals surface area contributed by atoms with E-state index in [2.05, 4.69) is 15.1 Å². The molecule has 1 aromatic carbocycles. The largest absolute Gasteiger partial charge is 0.441 e. The molecule has 2 aliphatic rings. The summed E-state index contributed by atoms with van der Waals surface area (Å²) in [5.74, 6) is 1.17. The highest BCUT2D eigenvalue weighted by Crippen LogP contribution is 2.32. The molecule has 132 valence electrons. The van der Waals surface area contributed by atoms with Gasteiger partial charge >= 0.3 is 6.09 Å². The van der Waals surface area contributed by atoms with E-state index in [4.69, 9.17) is 9.15 Å². The predicted octanol–water partition coefficient (Wildman–Crippen LogP) is 2.54. The third-order valence-electron chi connectivity index (χ3n) is 4.98. The number of aromatic nitrogens is 2. The molecule has 7 nitrogen and oxygen atoms in total. The molecule has 3 heterocycles. The maximum absolute atomic E-state index is 11.7. The van der Waals surface area contributed by atoms with Crippen molar-refractivity contribution in [2.45, 2.75) is 31.4 Å². The van der Waals surface area contributed by atoms with Gasteiger partial charge in [-0.25, -0.2) is 4.79 Å². The Morgan fingerprint density at radius 1 is 1.16 bits per heavy atom. The second-order valence-electron chi connectivity index (χ2n) is 6.90. The van der Waals surface area contributed by atoms with E-state index >= 15 is 0 Å². The number of carbonyl (C=O) groups excluding carboxylic acids is 1. The van der Waals surface area contributed by atoms with Crippen molar-refractivity contribution in [1.29, 1.82) is 0 Å². The topological polar surface area (TPSA) is 71.7 Å². The van der Waals surface area contributed by atoms with Gasteiger partial charge in [0.1, 0.15) is 5.60 Å². The molecule has 1 amide bonds. The van der Waals surface area contributed by atoms with Crippen LogP contribution < -0.4 is 0 Å². The zero-order chi connectivity index (χ0) is 17.3. The van der Waals surface area contributed by atoms with Crippen LogP contribution in [0.5, 0.6) is 0 Å². The monoisotopic (exact) mass is 342 g/mol. The Balaban J connectivity index is 1.39. The number of amides is 1. The van der Waals surface area contributed by atoms with E-state index in [1.54, 1.807) is 11.9 Å². The van der Waals surface area contributed by atoms with E-state index < -0.39 is 0 Å². The first-order chi connectivity index (χ1) is 12.1. The van der Waals surface area contributed by atoms with Crippen molar-refractivity contribution in [3.63, 3.8) is 0 Å². The lowest BCUT2D eigenvalue weighted by atomic mass is 9.95. The summed E-state index contributed by atoms with van der Waals surface area (Å²) in [6.45, 7) is 3.09. The van der Waals surface area contributed by atoms with Crippen LogP contribution in [0, 0.1) is 0 Å². The Labute approximate surface area is 146 Å². The zero-order valence-corrected chi connectivity index (χ0v) is 14.4. The Hall–Kier alpha value is -2.41. The van der Waals surface area contributed by atoms with Gasteiger partial charge in [-0.15, -0.1) is 10.2 Å². The minimum Gasteiger partial charge on any atom is -0.441 e. The molecule has 0 N–H and O–H groups in total. The summed E-state index contributed by atoms with van der Waals surface area (Å²) in [6, 6.07) is 9.78. The van der Waals surface area contributed by atoms with Crippen molar-refractivity contribution in [1.82, 2.24) is 20.0 Å². The fourth-order valence-corrected chi connectivity index (χ4v) is 3.64. The van der Waals surface area contributed by atoms with E-state index in [0.717, 1.165) is 37.9 Å². The van der Waals surface area contributed by atoms with Crippen molar-refractivity contribution in [3.05, 3.63) is 36.2 Å². The summed E-state index contributed by atoms with van der Waals surface area (Å²) in [5.41, 5.74) is 0.599. The molecule has 1 spiro atoms. The van der Waals surface area contributed by atoms with Crippen molar-refractivity contribution in [2.75, 3.05) is 26.7 Å². The van der Waals surface area contributed by atoms with Gasteiger partial charge in [0, 0.05) is 25.6 Å². The molecule has 1 aromatic heterocycles. The number of likely N-dealkylation sites (N-methyl/N-ethyl adjacent to an activating group) is 1. The number of ether oxygens (including phenoxy) is 1. The molecule has 25 heavy (non-hydrogen) atoms. The van der Waals surface area contributed by atoms with Crippen LogP contribution in [-0.2, 0) is 11.3 Å². The summed E-state index contributed by atoms with van der Waals surface area (Å²) in [5, 5.41) is 8.33. The first kappa shape index (κ1) is 16.1. The normalized spacial score (nSPS) is 24.5. The molecule has 4 rings (SSSR count). The van der Waals surface area contributed by atoms with E-state index in [1.165, 1.54) is 0 Å². The molecule has 1 atom stereocenters. The second kappa shape index (κ2) is 6.48. The summed E-state index contributed by atoms with van der Waals surface area (Å²) in [7, 11) is 1.79. The predicted molar refractivity (Wildman–Crippen MR) is 90.7 cm³/mol. The van der Waals surface area contributed by atoms with Crippen molar-refractivity contribution in [3.8, 4) is 11.5 Å². The van der Waals surface area contributed by atoms with Gasteiger partial charge in [0.2, 0.25) is 11.8 Å². The summed E-state index contributed by atoms with van der Waals surface area (Å²) < 4.78 is 11.5. The minimum absolute atomic E-state index is 0.210. The Morgan fingerprint density at radius 2 is 2.00 bits per heavy atom. The van der Waals surface area contributed by atoms with Gasteiger partial charge in [0.15, 0.2) is 0 Å². The number of likely N-dealkylation sites (tertiary alicyclic amines) is 1. The van der Waals surface area contributed by atoms with E-state index in [0.29, 0.717) is 24.9 Å². The van der Waals surface area contributed by atoms with Crippen LogP contribution in [0.3, 0.4) is 0 Å². The molecule has 2 aromatic rings. The van der Waals surface area contributed by atoms with Crippen LogP contribution in [-0.4, -0.2) is 58.4 Å². The Morgan fingerprint density at radius 3 is 2.76 bits per heavy atom. The third kappa shape index (κ3) is 3.37. The van der Waals surface area contributed by atoms with Crippen LogP contribution in [0.25, 0.3) is 11.5 Å². The van der Waals surface area contributed by atoms with Gasteiger partial charge in [-0.2, -0.15) is 0 Å². The number of rotatable bonds is 3. The maximum Gasteiger partial charge on any atom is 0.410 e. The smallest absolute Gasteiger partial charge is 0.410 e. The molecule has 2 fully saturated rings. The molecule has 0 radical (unpaired) electrons. The quantitative estimate of drug-likeness (QED) is 0.854. The second-order valence-corrected chi connectivity index (χ2v) is 6.90. The first-order valence-corrected chi connectivity index (χ1v) is 8.68. The average molecular weight is 342 g/mol. The highest BCUT2D eigenvalue weighted by atomic mass is 16.6. The molecule has 0 bridgehead atoms. The third-order valence-corrected chi connectivity index (χ3v) is 4.98.